The maximum Gasteiger partial charge on any atom is 0.272 e. The number of anilines is 1. The third-order valence-corrected chi connectivity index (χ3v) is 5.73. The van der Waals surface area contributed by atoms with Crippen molar-refractivity contribution in [3.63, 3.8) is 0 Å². The Morgan fingerprint density at radius 3 is 2.84 bits per heavy atom. The molecular weight excluding hydrogens is 316 g/mol. The summed E-state index contributed by atoms with van der Waals surface area (Å²) >= 11 is 0. The first kappa shape index (κ1) is 18.1. The quantitative estimate of drug-likeness (QED) is 0.880. The number of aliphatic hydroxyl groups excluding tert-OH is 1. The predicted octanol–water partition coefficient (Wildman–Crippen LogP) is 2.62. The second-order valence-electron chi connectivity index (χ2n) is 7.68. The highest BCUT2D eigenvalue weighted by atomic mass is 16.3. The maximum atomic E-state index is 13.2. The molecule has 1 amide bonds. The fourth-order valence-corrected chi connectivity index (χ4v) is 4.41. The van der Waals surface area contributed by atoms with Crippen LogP contribution in [0.3, 0.4) is 0 Å². The number of carbonyl (C=O) groups is 1. The van der Waals surface area contributed by atoms with Gasteiger partial charge in [0, 0.05) is 31.2 Å². The van der Waals surface area contributed by atoms with Crippen LogP contribution in [0.25, 0.3) is 0 Å². The molecule has 1 aliphatic carbocycles. The third kappa shape index (κ3) is 3.94. The minimum absolute atomic E-state index is 0.0304. The molecule has 1 saturated heterocycles. The molecule has 4 unspecified atom stereocenters. The molecule has 1 aliphatic heterocycles. The first-order valence-corrected chi connectivity index (χ1v) is 9.52. The van der Waals surface area contributed by atoms with Crippen molar-refractivity contribution < 1.29 is 9.90 Å². The lowest BCUT2D eigenvalue weighted by molar-refractivity contribution is -0.0122. The van der Waals surface area contributed by atoms with E-state index in [-0.39, 0.29) is 24.0 Å². The Hall–Kier alpha value is -1.69. The summed E-state index contributed by atoms with van der Waals surface area (Å²) in [4.78, 5) is 23.8. The van der Waals surface area contributed by atoms with Crippen LogP contribution < -0.4 is 5.32 Å². The number of likely N-dealkylation sites (tertiary alicyclic amines) is 1. The second kappa shape index (κ2) is 7.68. The van der Waals surface area contributed by atoms with Crippen LogP contribution in [0.4, 0.5) is 5.95 Å². The number of aliphatic hydroxyl groups is 1. The minimum Gasteiger partial charge on any atom is -0.393 e. The maximum absolute atomic E-state index is 13.2. The van der Waals surface area contributed by atoms with Crippen molar-refractivity contribution in [2.24, 2.45) is 11.8 Å². The van der Waals surface area contributed by atoms with Gasteiger partial charge in [-0.3, -0.25) is 4.79 Å². The van der Waals surface area contributed by atoms with E-state index in [1.54, 1.807) is 13.1 Å². The minimum atomic E-state index is -0.297. The lowest BCUT2D eigenvalue weighted by atomic mass is 9.74. The molecule has 1 aromatic rings. The van der Waals surface area contributed by atoms with Gasteiger partial charge in [0.1, 0.15) is 5.69 Å². The molecular formula is C19H30N4O2. The summed E-state index contributed by atoms with van der Waals surface area (Å²) in [6, 6.07) is 1.88. The predicted molar refractivity (Wildman–Crippen MR) is 97.5 cm³/mol. The van der Waals surface area contributed by atoms with Crippen molar-refractivity contribution in [2.75, 3.05) is 18.9 Å². The number of hydrogen-bond acceptors (Lipinski definition) is 5. The summed E-state index contributed by atoms with van der Waals surface area (Å²) < 4.78 is 0. The summed E-state index contributed by atoms with van der Waals surface area (Å²) in [7, 11) is 1.76. The van der Waals surface area contributed by atoms with Crippen molar-refractivity contribution >= 4 is 11.9 Å². The van der Waals surface area contributed by atoms with Gasteiger partial charge in [-0.05, 0) is 57.4 Å². The highest BCUT2D eigenvalue weighted by molar-refractivity contribution is 5.93. The number of rotatable bonds is 3. The average Bonchev–Trinajstić information content (AvgIpc) is 2.62. The molecule has 6 heteroatoms. The summed E-state index contributed by atoms with van der Waals surface area (Å²) in [6.07, 6.45) is 5.74. The van der Waals surface area contributed by atoms with Crippen molar-refractivity contribution in [3.8, 4) is 0 Å². The Labute approximate surface area is 150 Å². The summed E-state index contributed by atoms with van der Waals surface area (Å²) in [6.45, 7) is 4.87. The molecule has 2 N–H and O–H groups in total. The van der Waals surface area contributed by atoms with E-state index in [1.165, 1.54) is 0 Å². The first-order valence-electron chi connectivity index (χ1n) is 9.52. The smallest absolute Gasteiger partial charge is 0.272 e. The molecule has 4 atom stereocenters. The van der Waals surface area contributed by atoms with Crippen LogP contribution in [0.15, 0.2) is 6.07 Å². The van der Waals surface area contributed by atoms with Crippen molar-refractivity contribution in [1.29, 1.82) is 0 Å². The van der Waals surface area contributed by atoms with Gasteiger partial charge in [-0.2, -0.15) is 0 Å². The van der Waals surface area contributed by atoms with Gasteiger partial charge in [-0.15, -0.1) is 0 Å². The molecule has 1 saturated carbocycles. The standard InChI is InChI=1S/C19H30N4O2/c1-12-7-8-17(24)14(10-12)16-6-4-5-9-23(16)18(25)15-11-13(2)21-19(20-3)22-15/h11-12,14,16-17,24H,4-10H2,1-3H3,(H,20,21,22). The van der Waals surface area contributed by atoms with Gasteiger partial charge in [0.05, 0.1) is 6.10 Å². The van der Waals surface area contributed by atoms with Gasteiger partial charge in [-0.25, -0.2) is 9.97 Å². The molecule has 25 heavy (non-hydrogen) atoms. The van der Waals surface area contributed by atoms with E-state index in [4.69, 9.17) is 0 Å². The zero-order chi connectivity index (χ0) is 18.0. The van der Waals surface area contributed by atoms with Gasteiger partial charge >= 0.3 is 0 Å². The van der Waals surface area contributed by atoms with E-state index >= 15 is 0 Å². The fraction of sp³-hybridized carbons (Fsp3) is 0.737. The number of nitrogens with one attached hydrogen (secondary N) is 1. The molecule has 2 fully saturated rings. The number of aromatic nitrogens is 2. The van der Waals surface area contributed by atoms with Crippen LogP contribution in [0.2, 0.25) is 0 Å². The van der Waals surface area contributed by atoms with E-state index in [0.717, 1.165) is 50.8 Å². The van der Waals surface area contributed by atoms with E-state index < -0.39 is 0 Å². The highest BCUT2D eigenvalue weighted by Crippen LogP contribution is 2.37. The molecule has 0 radical (unpaired) electrons. The molecule has 3 rings (SSSR count). The normalized spacial score (nSPS) is 30.2. The van der Waals surface area contributed by atoms with Crippen LogP contribution in [0.1, 0.15) is 61.6 Å². The van der Waals surface area contributed by atoms with Crippen molar-refractivity contribution in [2.45, 2.75) is 64.5 Å². The van der Waals surface area contributed by atoms with E-state index in [0.29, 0.717) is 17.6 Å². The summed E-state index contributed by atoms with van der Waals surface area (Å²) in [5, 5.41) is 13.5. The molecule has 0 bridgehead atoms. The zero-order valence-electron chi connectivity index (χ0n) is 15.5. The Bertz CT molecular complexity index is 621. The zero-order valence-corrected chi connectivity index (χ0v) is 15.5. The topological polar surface area (TPSA) is 78.4 Å². The van der Waals surface area contributed by atoms with E-state index in [2.05, 4.69) is 22.2 Å². The van der Waals surface area contributed by atoms with Gasteiger partial charge in [0.25, 0.3) is 5.91 Å². The second-order valence-corrected chi connectivity index (χ2v) is 7.68. The summed E-state index contributed by atoms with van der Waals surface area (Å²) in [5.74, 6) is 1.24. The number of piperidine rings is 1. The largest absolute Gasteiger partial charge is 0.393 e. The number of amides is 1. The van der Waals surface area contributed by atoms with Crippen LogP contribution in [0.5, 0.6) is 0 Å². The number of carbonyl (C=O) groups excluding carboxylic acids is 1. The van der Waals surface area contributed by atoms with Gasteiger partial charge in [0.2, 0.25) is 5.95 Å². The van der Waals surface area contributed by atoms with Crippen molar-refractivity contribution in [1.82, 2.24) is 14.9 Å². The van der Waals surface area contributed by atoms with Crippen LogP contribution >= 0.6 is 0 Å². The number of hydrogen-bond donors (Lipinski definition) is 2. The Balaban J connectivity index is 1.85. The van der Waals surface area contributed by atoms with E-state index in [9.17, 15) is 9.90 Å². The SMILES string of the molecule is CNc1nc(C)cc(C(=O)N2CCCCC2C2CC(C)CCC2O)n1. The summed E-state index contributed by atoms with van der Waals surface area (Å²) in [5.41, 5.74) is 1.23. The van der Waals surface area contributed by atoms with E-state index in [1.807, 2.05) is 11.8 Å². The van der Waals surface area contributed by atoms with Crippen molar-refractivity contribution in [3.05, 3.63) is 17.5 Å². The van der Waals surface area contributed by atoms with Crippen LogP contribution in [-0.4, -0.2) is 51.6 Å². The Kier molecular flexibility index (Phi) is 5.57. The third-order valence-electron chi connectivity index (χ3n) is 5.73. The van der Waals surface area contributed by atoms with Gasteiger partial charge in [0.15, 0.2) is 0 Å². The number of aryl methyl sites for hydroxylation is 1. The molecule has 2 aliphatic rings. The van der Waals surface area contributed by atoms with Crippen LogP contribution in [0, 0.1) is 18.8 Å². The molecule has 1 aromatic heterocycles. The first-order chi connectivity index (χ1) is 12.0. The lowest BCUT2D eigenvalue weighted by Gasteiger charge is -2.44. The lowest BCUT2D eigenvalue weighted by Crippen LogP contribution is -2.52. The molecule has 2 heterocycles. The Morgan fingerprint density at radius 2 is 2.08 bits per heavy atom. The number of nitrogens with zero attached hydrogens (tertiary/aromatic N) is 3. The fourth-order valence-electron chi connectivity index (χ4n) is 4.41. The highest BCUT2D eigenvalue weighted by Gasteiger charge is 2.39. The Morgan fingerprint density at radius 1 is 1.28 bits per heavy atom. The molecule has 138 valence electrons. The monoisotopic (exact) mass is 346 g/mol. The van der Waals surface area contributed by atoms with Crippen LogP contribution in [-0.2, 0) is 0 Å². The molecule has 0 aromatic carbocycles. The molecule has 6 nitrogen and oxygen atoms in total. The molecule has 0 spiro atoms. The average molecular weight is 346 g/mol. The van der Waals surface area contributed by atoms with Gasteiger partial charge in [-0.1, -0.05) is 6.92 Å². The van der Waals surface area contributed by atoms with Gasteiger partial charge < -0.3 is 15.3 Å².